The maximum atomic E-state index is 12.0. The first-order valence-corrected chi connectivity index (χ1v) is 7.40. The van der Waals surface area contributed by atoms with Crippen molar-refractivity contribution in [2.45, 2.75) is 51.7 Å². The summed E-state index contributed by atoms with van der Waals surface area (Å²) in [6.07, 6.45) is 2.00. The summed E-state index contributed by atoms with van der Waals surface area (Å²) >= 11 is 0. The smallest absolute Gasteiger partial charge is 0.321 e. The summed E-state index contributed by atoms with van der Waals surface area (Å²) in [7, 11) is 0. The quantitative estimate of drug-likeness (QED) is 0.776. The number of hydrogen-bond donors (Lipinski definition) is 3. The van der Waals surface area contributed by atoms with Crippen molar-refractivity contribution < 1.29 is 9.59 Å². The summed E-state index contributed by atoms with van der Waals surface area (Å²) in [6, 6.07) is 7.49. The van der Waals surface area contributed by atoms with E-state index in [0.29, 0.717) is 0 Å². The molecule has 1 fully saturated rings. The van der Waals surface area contributed by atoms with Crippen molar-refractivity contribution in [2.75, 3.05) is 0 Å². The van der Waals surface area contributed by atoms with Gasteiger partial charge < -0.3 is 5.32 Å². The van der Waals surface area contributed by atoms with Crippen molar-refractivity contribution in [1.82, 2.24) is 16.0 Å². The number of aryl methyl sites for hydroxylation is 1. The number of hydrogen-bond acceptors (Lipinski definition) is 3. The molecule has 1 aromatic carbocycles. The maximum Gasteiger partial charge on any atom is 0.321 e. The first kappa shape index (κ1) is 15.5. The van der Waals surface area contributed by atoms with Crippen LogP contribution in [0.15, 0.2) is 24.3 Å². The monoisotopic (exact) mass is 289 g/mol. The van der Waals surface area contributed by atoms with E-state index in [-0.39, 0.29) is 18.0 Å². The van der Waals surface area contributed by atoms with Gasteiger partial charge >= 0.3 is 6.03 Å². The first-order valence-electron chi connectivity index (χ1n) is 7.40. The van der Waals surface area contributed by atoms with Crippen molar-refractivity contribution in [1.29, 1.82) is 0 Å². The molecule has 1 aliphatic carbocycles. The molecule has 1 aromatic rings. The minimum Gasteiger partial charge on any atom is -0.335 e. The summed E-state index contributed by atoms with van der Waals surface area (Å²) in [5.74, 6) is -0.311. The molecule has 2 unspecified atom stereocenters. The van der Waals surface area contributed by atoms with Crippen molar-refractivity contribution in [3.05, 3.63) is 35.4 Å². The van der Waals surface area contributed by atoms with Gasteiger partial charge in [0.1, 0.15) is 0 Å². The molecule has 2 rings (SSSR count). The second kappa shape index (κ2) is 6.72. The summed E-state index contributed by atoms with van der Waals surface area (Å²) in [4.78, 5) is 23.5. The van der Waals surface area contributed by atoms with Crippen molar-refractivity contribution in [3.63, 3.8) is 0 Å². The Morgan fingerprint density at radius 2 is 1.86 bits per heavy atom. The largest absolute Gasteiger partial charge is 0.335 e. The molecule has 0 aliphatic heterocycles. The van der Waals surface area contributed by atoms with Crippen molar-refractivity contribution in [2.24, 2.45) is 0 Å². The van der Waals surface area contributed by atoms with Crippen molar-refractivity contribution >= 4 is 11.9 Å². The number of carbonyl (C=O) groups excluding carboxylic acids is 2. The number of imide groups is 1. The number of amides is 3. The van der Waals surface area contributed by atoms with E-state index < -0.39 is 12.1 Å². The molecule has 0 heterocycles. The lowest BCUT2D eigenvalue weighted by atomic mass is 10.0. The minimum absolute atomic E-state index is 0.0402. The van der Waals surface area contributed by atoms with Crippen LogP contribution in [0.5, 0.6) is 0 Å². The van der Waals surface area contributed by atoms with E-state index in [9.17, 15) is 9.59 Å². The standard InChI is InChI=1S/C16H23N3O2/c1-10-6-4-5-7-14(10)11(2)17-12(3)15(20)19-16(21)18-13-8-9-13/h4-7,11-13,17H,8-9H2,1-3H3,(H2,18,19,20,21). The highest BCUT2D eigenvalue weighted by Gasteiger charge is 2.25. The number of carbonyl (C=O) groups is 2. The number of nitrogens with one attached hydrogen (secondary N) is 3. The van der Waals surface area contributed by atoms with E-state index in [2.05, 4.69) is 16.0 Å². The highest BCUT2D eigenvalue weighted by atomic mass is 16.2. The van der Waals surface area contributed by atoms with Gasteiger partial charge in [-0.2, -0.15) is 0 Å². The van der Waals surface area contributed by atoms with E-state index in [0.717, 1.165) is 18.4 Å². The van der Waals surface area contributed by atoms with Crippen LogP contribution in [0.2, 0.25) is 0 Å². The normalized spacial score (nSPS) is 16.9. The van der Waals surface area contributed by atoms with Crippen molar-refractivity contribution in [3.8, 4) is 0 Å². The summed E-state index contributed by atoms with van der Waals surface area (Å²) in [6.45, 7) is 5.81. The maximum absolute atomic E-state index is 12.0. The molecule has 5 heteroatoms. The average Bonchev–Trinajstić information content (AvgIpc) is 3.22. The molecule has 0 aromatic heterocycles. The van der Waals surface area contributed by atoms with E-state index >= 15 is 0 Å². The van der Waals surface area contributed by atoms with Gasteiger partial charge in [-0.15, -0.1) is 0 Å². The molecule has 0 radical (unpaired) electrons. The molecular weight excluding hydrogens is 266 g/mol. The zero-order valence-electron chi connectivity index (χ0n) is 12.8. The summed E-state index contributed by atoms with van der Waals surface area (Å²) < 4.78 is 0. The summed E-state index contributed by atoms with van der Waals surface area (Å²) in [5, 5.41) is 8.33. The summed E-state index contributed by atoms with van der Waals surface area (Å²) in [5.41, 5.74) is 2.33. The van der Waals surface area contributed by atoms with Crippen LogP contribution in [0.1, 0.15) is 43.9 Å². The molecule has 3 N–H and O–H groups in total. The van der Waals surface area contributed by atoms with Crippen LogP contribution in [-0.2, 0) is 4.79 Å². The van der Waals surface area contributed by atoms with Gasteiger partial charge in [-0.05, 0) is 44.7 Å². The molecule has 114 valence electrons. The molecular formula is C16H23N3O2. The first-order chi connectivity index (χ1) is 9.97. The van der Waals surface area contributed by atoms with E-state index in [1.54, 1.807) is 6.92 Å². The van der Waals surface area contributed by atoms with Gasteiger partial charge in [0.15, 0.2) is 0 Å². The Balaban J connectivity index is 1.84. The van der Waals surface area contributed by atoms with Gasteiger partial charge in [0.25, 0.3) is 0 Å². The SMILES string of the molecule is Cc1ccccc1C(C)NC(C)C(=O)NC(=O)NC1CC1. The van der Waals surface area contributed by atoms with E-state index in [1.165, 1.54) is 5.56 Å². The Hall–Kier alpha value is -1.88. The Labute approximate surface area is 125 Å². The van der Waals surface area contributed by atoms with Crippen LogP contribution >= 0.6 is 0 Å². The third-order valence-electron chi connectivity index (χ3n) is 3.70. The van der Waals surface area contributed by atoms with Gasteiger partial charge in [0, 0.05) is 12.1 Å². The predicted molar refractivity (Wildman–Crippen MR) is 81.9 cm³/mol. The molecule has 0 saturated heterocycles. The topological polar surface area (TPSA) is 70.2 Å². The highest BCUT2D eigenvalue weighted by molar-refractivity contribution is 5.97. The molecule has 0 bridgehead atoms. The average molecular weight is 289 g/mol. The van der Waals surface area contributed by atoms with Crippen LogP contribution in [0.3, 0.4) is 0 Å². The molecule has 2 atom stereocenters. The highest BCUT2D eigenvalue weighted by Crippen LogP contribution is 2.18. The van der Waals surface area contributed by atoms with Crippen LogP contribution in [0.25, 0.3) is 0 Å². The van der Waals surface area contributed by atoms with Gasteiger partial charge in [-0.1, -0.05) is 24.3 Å². The number of benzene rings is 1. The Kier molecular flexibility index (Phi) is 4.96. The second-order valence-electron chi connectivity index (χ2n) is 5.70. The third kappa shape index (κ3) is 4.56. The molecule has 1 saturated carbocycles. The Bertz CT molecular complexity index is 526. The second-order valence-corrected chi connectivity index (χ2v) is 5.70. The molecule has 3 amide bonds. The number of urea groups is 1. The Morgan fingerprint density at radius 3 is 2.48 bits per heavy atom. The minimum atomic E-state index is -0.440. The van der Waals surface area contributed by atoms with Gasteiger partial charge in [0.2, 0.25) is 5.91 Å². The lowest BCUT2D eigenvalue weighted by Crippen LogP contribution is -2.49. The third-order valence-corrected chi connectivity index (χ3v) is 3.70. The predicted octanol–water partition coefficient (Wildman–Crippen LogP) is 2.02. The molecule has 5 nitrogen and oxygen atoms in total. The number of rotatable bonds is 5. The molecule has 0 spiro atoms. The van der Waals surface area contributed by atoms with Gasteiger partial charge in [0.05, 0.1) is 6.04 Å². The lowest BCUT2D eigenvalue weighted by Gasteiger charge is -2.21. The molecule has 1 aliphatic rings. The van der Waals surface area contributed by atoms with E-state index in [1.807, 2.05) is 38.1 Å². The van der Waals surface area contributed by atoms with Gasteiger partial charge in [-0.25, -0.2) is 4.79 Å². The fourth-order valence-corrected chi connectivity index (χ4v) is 2.28. The van der Waals surface area contributed by atoms with Crippen LogP contribution in [-0.4, -0.2) is 24.0 Å². The van der Waals surface area contributed by atoms with E-state index in [4.69, 9.17) is 0 Å². The van der Waals surface area contributed by atoms with Crippen LogP contribution < -0.4 is 16.0 Å². The van der Waals surface area contributed by atoms with Crippen LogP contribution in [0, 0.1) is 6.92 Å². The lowest BCUT2D eigenvalue weighted by molar-refractivity contribution is -0.121. The fourth-order valence-electron chi connectivity index (χ4n) is 2.28. The zero-order valence-corrected chi connectivity index (χ0v) is 12.8. The fraction of sp³-hybridized carbons (Fsp3) is 0.500. The van der Waals surface area contributed by atoms with Crippen LogP contribution in [0.4, 0.5) is 4.79 Å². The molecule has 21 heavy (non-hydrogen) atoms. The zero-order chi connectivity index (χ0) is 15.4. The van der Waals surface area contributed by atoms with Gasteiger partial charge in [-0.3, -0.25) is 15.4 Å². The Morgan fingerprint density at radius 1 is 1.19 bits per heavy atom.